The molecule has 0 aliphatic heterocycles. The summed E-state index contributed by atoms with van der Waals surface area (Å²) in [5.74, 6) is 0.900. The van der Waals surface area contributed by atoms with Crippen molar-refractivity contribution in [3.63, 3.8) is 0 Å². The van der Waals surface area contributed by atoms with Crippen LogP contribution in [0.1, 0.15) is 45.4 Å². The summed E-state index contributed by atoms with van der Waals surface area (Å²) in [6.07, 6.45) is 6.22. The van der Waals surface area contributed by atoms with E-state index in [0.717, 1.165) is 38.2 Å². The van der Waals surface area contributed by atoms with Crippen LogP contribution in [0.4, 0.5) is 0 Å². The molecule has 28 heavy (non-hydrogen) atoms. The fourth-order valence-electron chi connectivity index (χ4n) is 3.56. The largest absolute Gasteiger partial charge is 0.466 e. The van der Waals surface area contributed by atoms with Crippen molar-refractivity contribution in [3.05, 3.63) is 30.3 Å². The van der Waals surface area contributed by atoms with Crippen LogP contribution in [0.2, 0.25) is 0 Å². The molecule has 3 rings (SSSR count). The number of halogens is 1. The van der Waals surface area contributed by atoms with Crippen LogP contribution in [0.15, 0.2) is 40.2 Å². The summed E-state index contributed by atoms with van der Waals surface area (Å²) in [6.45, 7) is 3.25. The lowest BCUT2D eigenvalue weighted by Crippen LogP contribution is -2.47. The minimum Gasteiger partial charge on any atom is -0.466 e. The lowest BCUT2D eigenvalue weighted by molar-refractivity contribution is -0.149. The van der Waals surface area contributed by atoms with Crippen molar-refractivity contribution in [1.29, 1.82) is 0 Å². The molecule has 0 spiro atoms. The van der Waals surface area contributed by atoms with Gasteiger partial charge in [-0.05, 0) is 57.6 Å². The fourth-order valence-corrected chi connectivity index (χ4v) is 4.80. The maximum atomic E-state index is 11.9. The Labute approximate surface area is 189 Å². The summed E-state index contributed by atoms with van der Waals surface area (Å²) >= 11 is 1.97. The summed E-state index contributed by atoms with van der Waals surface area (Å²) in [7, 11) is 1.82. The van der Waals surface area contributed by atoms with E-state index < -0.39 is 0 Å². The third-order valence-corrected chi connectivity index (χ3v) is 6.87. The molecular weight excluding hydrogens is 485 g/mol. The van der Waals surface area contributed by atoms with Gasteiger partial charge in [0.1, 0.15) is 0 Å². The number of benzene rings is 1. The number of nitrogens with one attached hydrogen (secondary N) is 2. The maximum absolute atomic E-state index is 11.9. The van der Waals surface area contributed by atoms with Crippen LogP contribution < -0.4 is 10.6 Å². The Hall–Kier alpha value is -0.960. The number of hydrogen-bond acceptors (Lipinski definition) is 4. The van der Waals surface area contributed by atoms with E-state index in [0.29, 0.717) is 17.4 Å². The number of guanidine groups is 1. The highest BCUT2D eigenvalue weighted by atomic mass is 127. The Kier molecular flexibility index (Phi) is 9.40. The molecule has 156 valence electrons. The van der Waals surface area contributed by atoms with Crippen molar-refractivity contribution < 1.29 is 9.53 Å². The second-order valence-electron chi connectivity index (χ2n) is 7.47. The van der Waals surface area contributed by atoms with Gasteiger partial charge in [0.15, 0.2) is 5.96 Å². The van der Waals surface area contributed by atoms with E-state index in [1.165, 1.54) is 17.7 Å². The highest BCUT2D eigenvalue weighted by Crippen LogP contribution is 2.51. The molecule has 2 saturated carbocycles. The van der Waals surface area contributed by atoms with Gasteiger partial charge >= 0.3 is 5.97 Å². The standard InChI is InChI=1S/C21H31N3O2S.HI/c1-3-26-19(25)16-9-11-17(12-10-16)24-20(22-2)23-15-21(13-14-21)27-18-7-5-4-6-8-18;/h4-8,16-17H,3,9-15H2,1-2H3,(H2,22,23,24);1H. The summed E-state index contributed by atoms with van der Waals surface area (Å²) in [4.78, 5) is 17.6. The van der Waals surface area contributed by atoms with Crippen LogP contribution in [0.5, 0.6) is 0 Å². The molecule has 0 bridgehead atoms. The first-order valence-electron chi connectivity index (χ1n) is 10.0. The van der Waals surface area contributed by atoms with Gasteiger partial charge in [0.2, 0.25) is 0 Å². The first kappa shape index (κ1) is 23.3. The van der Waals surface area contributed by atoms with Crippen molar-refractivity contribution in [2.75, 3.05) is 20.2 Å². The topological polar surface area (TPSA) is 62.7 Å². The van der Waals surface area contributed by atoms with Gasteiger partial charge in [-0.2, -0.15) is 0 Å². The fraction of sp³-hybridized carbons (Fsp3) is 0.619. The van der Waals surface area contributed by atoms with Crippen molar-refractivity contribution in [3.8, 4) is 0 Å². The number of aliphatic imine (C=N–C) groups is 1. The van der Waals surface area contributed by atoms with Crippen LogP contribution in [-0.2, 0) is 9.53 Å². The molecule has 7 heteroatoms. The molecule has 2 aliphatic rings. The molecule has 0 heterocycles. The predicted octanol–water partition coefficient (Wildman–Crippen LogP) is 4.22. The molecule has 2 fully saturated rings. The number of rotatable bonds is 7. The number of thioether (sulfide) groups is 1. The van der Waals surface area contributed by atoms with Crippen LogP contribution in [0, 0.1) is 5.92 Å². The van der Waals surface area contributed by atoms with E-state index in [4.69, 9.17) is 4.74 Å². The average molecular weight is 517 g/mol. The second kappa shape index (κ2) is 11.3. The molecule has 0 radical (unpaired) electrons. The van der Waals surface area contributed by atoms with E-state index in [1.54, 1.807) is 0 Å². The van der Waals surface area contributed by atoms with Gasteiger partial charge in [-0.1, -0.05) is 18.2 Å². The van der Waals surface area contributed by atoms with Crippen molar-refractivity contribution in [1.82, 2.24) is 10.6 Å². The zero-order chi connectivity index (χ0) is 19.1. The normalized spacial score (nSPS) is 23.3. The van der Waals surface area contributed by atoms with Crippen LogP contribution in [0.3, 0.4) is 0 Å². The minimum absolute atomic E-state index is 0. The Morgan fingerprint density at radius 2 is 1.89 bits per heavy atom. The quantitative estimate of drug-likeness (QED) is 0.246. The Bertz CT molecular complexity index is 644. The van der Waals surface area contributed by atoms with Crippen LogP contribution >= 0.6 is 35.7 Å². The third-order valence-electron chi connectivity index (χ3n) is 5.37. The van der Waals surface area contributed by atoms with Crippen molar-refractivity contribution in [2.45, 2.75) is 61.1 Å². The molecule has 0 atom stereocenters. The lowest BCUT2D eigenvalue weighted by atomic mass is 9.86. The summed E-state index contributed by atoms with van der Waals surface area (Å²) in [5.41, 5.74) is 0. The summed E-state index contributed by atoms with van der Waals surface area (Å²) in [5, 5.41) is 7.06. The van der Waals surface area contributed by atoms with Gasteiger partial charge in [-0.25, -0.2) is 0 Å². The smallest absolute Gasteiger partial charge is 0.308 e. The molecule has 2 aliphatic carbocycles. The van der Waals surface area contributed by atoms with Crippen molar-refractivity contribution >= 4 is 47.7 Å². The Morgan fingerprint density at radius 1 is 1.21 bits per heavy atom. The zero-order valence-electron chi connectivity index (χ0n) is 16.8. The minimum atomic E-state index is -0.0351. The van der Waals surface area contributed by atoms with Crippen molar-refractivity contribution in [2.24, 2.45) is 10.9 Å². The predicted molar refractivity (Wildman–Crippen MR) is 127 cm³/mol. The number of ether oxygens (including phenoxy) is 1. The molecule has 5 nitrogen and oxygen atoms in total. The second-order valence-corrected chi connectivity index (χ2v) is 9.01. The summed E-state index contributed by atoms with van der Waals surface area (Å²) < 4.78 is 5.45. The molecule has 0 aromatic heterocycles. The van der Waals surface area contributed by atoms with E-state index in [-0.39, 0.29) is 35.9 Å². The van der Waals surface area contributed by atoms with Gasteiger partial charge in [-0.15, -0.1) is 35.7 Å². The average Bonchev–Trinajstić information content (AvgIpc) is 3.46. The molecule has 0 unspecified atom stereocenters. The number of nitrogens with zero attached hydrogens (tertiary/aromatic N) is 1. The van der Waals surface area contributed by atoms with Gasteiger partial charge in [-0.3, -0.25) is 9.79 Å². The summed E-state index contributed by atoms with van der Waals surface area (Å²) in [6, 6.07) is 11.0. The van der Waals surface area contributed by atoms with E-state index in [9.17, 15) is 4.79 Å². The Morgan fingerprint density at radius 3 is 2.46 bits per heavy atom. The molecule has 0 amide bonds. The number of carbonyl (C=O) groups excluding carboxylic acids is 1. The first-order valence-corrected chi connectivity index (χ1v) is 10.8. The van der Waals surface area contributed by atoms with E-state index in [1.807, 2.05) is 25.7 Å². The van der Waals surface area contributed by atoms with Gasteiger partial charge in [0.25, 0.3) is 0 Å². The van der Waals surface area contributed by atoms with E-state index in [2.05, 4.69) is 46.0 Å². The Balaban J connectivity index is 0.00000280. The SMILES string of the molecule is CCOC(=O)C1CCC(NC(=NC)NCC2(Sc3ccccc3)CC2)CC1.I. The lowest BCUT2D eigenvalue weighted by Gasteiger charge is -2.29. The van der Waals surface area contributed by atoms with Crippen LogP contribution in [0.25, 0.3) is 0 Å². The molecule has 1 aromatic rings. The van der Waals surface area contributed by atoms with Gasteiger partial charge in [0, 0.05) is 29.3 Å². The highest BCUT2D eigenvalue weighted by Gasteiger charge is 2.43. The maximum Gasteiger partial charge on any atom is 0.308 e. The van der Waals surface area contributed by atoms with E-state index >= 15 is 0 Å². The number of esters is 1. The van der Waals surface area contributed by atoms with Gasteiger partial charge in [0.05, 0.1) is 12.5 Å². The monoisotopic (exact) mass is 517 g/mol. The molecule has 0 saturated heterocycles. The van der Waals surface area contributed by atoms with Crippen LogP contribution in [-0.4, -0.2) is 42.9 Å². The molecule has 1 aromatic carbocycles. The van der Waals surface area contributed by atoms with Gasteiger partial charge < -0.3 is 15.4 Å². The zero-order valence-corrected chi connectivity index (χ0v) is 19.9. The number of carbonyl (C=O) groups is 1. The number of hydrogen-bond donors (Lipinski definition) is 2. The molecular formula is C21H32IN3O2S. The third kappa shape index (κ3) is 6.83. The highest BCUT2D eigenvalue weighted by molar-refractivity contribution is 14.0. The molecule has 2 N–H and O–H groups in total. The first-order chi connectivity index (χ1) is 13.1.